The summed E-state index contributed by atoms with van der Waals surface area (Å²) < 4.78 is 10.8. The number of imide groups is 1. The van der Waals surface area contributed by atoms with Gasteiger partial charge in [-0.2, -0.15) is 0 Å². The molecule has 1 N–H and O–H groups in total. The van der Waals surface area contributed by atoms with Gasteiger partial charge in [-0.15, -0.1) is 0 Å². The van der Waals surface area contributed by atoms with Crippen LogP contribution in [-0.2, 0) is 10.3 Å². The molecule has 2 aromatic rings. The normalized spacial score (nSPS) is 20.7. The molecule has 0 spiro atoms. The molecule has 1 fully saturated rings. The summed E-state index contributed by atoms with van der Waals surface area (Å²) in [4.78, 5) is 25.7. The number of carbonyl (C=O) groups is 2. The van der Waals surface area contributed by atoms with Crippen LogP contribution >= 0.6 is 11.6 Å². The van der Waals surface area contributed by atoms with E-state index in [0.717, 1.165) is 4.90 Å². The Kier molecular flexibility index (Phi) is 4.00. The van der Waals surface area contributed by atoms with Crippen molar-refractivity contribution in [3.05, 3.63) is 53.4 Å². The first-order valence-electron chi connectivity index (χ1n) is 7.07. The van der Waals surface area contributed by atoms with Gasteiger partial charge in [-0.05, 0) is 37.3 Å². The fraction of sp³-hybridized carbons (Fsp3) is 0.250. The Balaban J connectivity index is 1.65. The van der Waals surface area contributed by atoms with E-state index in [2.05, 4.69) is 5.32 Å². The van der Waals surface area contributed by atoms with Crippen molar-refractivity contribution in [2.75, 3.05) is 13.2 Å². The summed E-state index contributed by atoms with van der Waals surface area (Å²) in [5, 5.41) is 3.22. The van der Waals surface area contributed by atoms with Gasteiger partial charge in [0.15, 0.2) is 5.54 Å². The average molecular weight is 335 g/mol. The Morgan fingerprint density at radius 2 is 2.13 bits per heavy atom. The molecule has 1 aromatic carbocycles. The third-order valence-electron chi connectivity index (χ3n) is 3.67. The maximum absolute atomic E-state index is 12.5. The van der Waals surface area contributed by atoms with E-state index in [-0.39, 0.29) is 19.1 Å². The van der Waals surface area contributed by atoms with Gasteiger partial charge in [0, 0.05) is 5.02 Å². The van der Waals surface area contributed by atoms with Crippen LogP contribution < -0.4 is 10.1 Å². The second-order valence-corrected chi connectivity index (χ2v) is 5.73. The van der Waals surface area contributed by atoms with Crippen LogP contribution in [0, 0.1) is 0 Å². The van der Waals surface area contributed by atoms with Crippen LogP contribution in [0.5, 0.6) is 5.75 Å². The number of amides is 3. The van der Waals surface area contributed by atoms with E-state index in [4.69, 9.17) is 20.8 Å². The van der Waals surface area contributed by atoms with Crippen LogP contribution in [0.25, 0.3) is 0 Å². The molecule has 3 rings (SSSR count). The summed E-state index contributed by atoms with van der Waals surface area (Å²) >= 11 is 5.87. The highest BCUT2D eigenvalue weighted by atomic mass is 35.5. The number of rotatable bonds is 5. The third kappa shape index (κ3) is 2.90. The lowest BCUT2D eigenvalue weighted by molar-refractivity contribution is -0.131. The smallest absolute Gasteiger partial charge is 0.325 e. The molecule has 7 heteroatoms. The summed E-state index contributed by atoms with van der Waals surface area (Å²) in [5.74, 6) is 0.611. The molecule has 2 heterocycles. The molecule has 0 saturated carbocycles. The van der Waals surface area contributed by atoms with Crippen molar-refractivity contribution in [1.29, 1.82) is 0 Å². The first-order valence-corrected chi connectivity index (χ1v) is 7.45. The fourth-order valence-electron chi connectivity index (χ4n) is 2.44. The molecule has 3 amide bonds. The number of hydrogen-bond donors (Lipinski definition) is 1. The van der Waals surface area contributed by atoms with Gasteiger partial charge in [0.2, 0.25) is 0 Å². The zero-order chi connectivity index (χ0) is 16.4. The molecule has 1 atom stereocenters. The lowest BCUT2D eigenvalue weighted by Gasteiger charge is -2.19. The summed E-state index contributed by atoms with van der Waals surface area (Å²) in [5.41, 5.74) is -1.18. The lowest BCUT2D eigenvalue weighted by Crippen LogP contribution is -2.41. The van der Waals surface area contributed by atoms with E-state index in [1.54, 1.807) is 43.3 Å². The highest BCUT2D eigenvalue weighted by Crippen LogP contribution is 2.28. The Bertz CT molecular complexity index is 731. The van der Waals surface area contributed by atoms with Gasteiger partial charge in [-0.3, -0.25) is 9.69 Å². The average Bonchev–Trinajstić information content (AvgIpc) is 3.11. The van der Waals surface area contributed by atoms with Gasteiger partial charge in [0.1, 0.15) is 18.1 Å². The predicted molar refractivity (Wildman–Crippen MR) is 83.3 cm³/mol. The van der Waals surface area contributed by atoms with E-state index in [9.17, 15) is 9.59 Å². The molecule has 0 bridgehead atoms. The van der Waals surface area contributed by atoms with Crippen LogP contribution in [0.1, 0.15) is 12.7 Å². The lowest BCUT2D eigenvalue weighted by atomic mass is 9.99. The number of furan rings is 1. The number of ether oxygens (including phenoxy) is 1. The monoisotopic (exact) mass is 334 g/mol. The Morgan fingerprint density at radius 1 is 1.30 bits per heavy atom. The van der Waals surface area contributed by atoms with Gasteiger partial charge in [-0.1, -0.05) is 17.7 Å². The van der Waals surface area contributed by atoms with Crippen molar-refractivity contribution >= 4 is 23.5 Å². The van der Waals surface area contributed by atoms with Crippen LogP contribution in [0.2, 0.25) is 5.02 Å². The number of halogens is 1. The highest BCUT2D eigenvalue weighted by molar-refractivity contribution is 6.30. The number of nitrogens with one attached hydrogen (secondary N) is 1. The number of urea groups is 1. The van der Waals surface area contributed by atoms with Crippen molar-refractivity contribution in [1.82, 2.24) is 10.2 Å². The summed E-state index contributed by atoms with van der Waals surface area (Å²) in [6.07, 6.45) is 1.46. The Hall–Kier alpha value is -2.47. The highest BCUT2D eigenvalue weighted by Gasteiger charge is 2.50. The van der Waals surface area contributed by atoms with E-state index >= 15 is 0 Å². The fourth-order valence-corrected chi connectivity index (χ4v) is 2.62. The second-order valence-electron chi connectivity index (χ2n) is 5.30. The molecule has 1 aliphatic heterocycles. The molecular formula is C16H15ClN2O4. The van der Waals surface area contributed by atoms with Gasteiger partial charge < -0.3 is 14.5 Å². The molecule has 1 saturated heterocycles. The number of hydrogen-bond acceptors (Lipinski definition) is 4. The summed E-state index contributed by atoms with van der Waals surface area (Å²) in [6.45, 7) is 1.92. The van der Waals surface area contributed by atoms with Crippen molar-refractivity contribution in [2.24, 2.45) is 0 Å². The first kappa shape index (κ1) is 15.4. The minimum absolute atomic E-state index is 0.132. The molecular weight excluding hydrogens is 320 g/mol. The Labute approximate surface area is 138 Å². The van der Waals surface area contributed by atoms with Crippen molar-refractivity contribution in [3.8, 4) is 5.75 Å². The molecule has 6 nitrogen and oxygen atoms in total. The Morgan fingerprint density at radius 3 is 2.83 bits per heavy atom. The van der Waals surface area contributed by atoms with Gasteiger partial charge in [-0.25, -0.2) is 4.79 Å². The summed E-state index contributed by atoms with van der Waals surface area (Å²) in [7, 11) is 0. The van der Waals surface area contributed by atoms with Gasteiger partial charge >= 0.3 is 6.03 Å². The topological polar surface area (TPSA) is 71.8 Å². The van der Waals surface area contributed by atoms with Crippen LogP contribution in [0.4, 0.5) is 4.79 Å². The molecule has 0 aliphatic carbocycles. The van der Waals surface area contributed by atoms with E-state index in [1.807, 2.05) is 0 Å². The van der Waals surface area contributed by atoms with Gasteiger partial charge in [0.25, 0.3) is 5.91 Å². The number of benzene rings is 1. The van der Waals surface area contributed by atoms with Crippen LogP contribution in [-0.4, -0.2) is 30.0 Å². The zero-order valence-corrected chi connectivity index (χ0v) is 13.2. The second kappa shape index (κ2) is 5.96. The third-order valence-corrected chi connectivity index (χ3v) is 3.90. The van der Waals surface area contributed by atoms with Gasteiger partial charge in [0.05, 0.1) is 12.8 Å². The first-order chi connectivity index (χ1) is 11.0. The molecule has 23 heavy (non-hydrogen) atoms. The zero-order valence-electron chi connectivity index (χ0n) is 12.4. The van der Waals surface area contributed by atoms with Crippen molar-refractivity contribution in [3.63, 3.8) is 0 Å². The van der Waals surface area contributed by atoms with E-state index in [0.29, 0.717) is 16.5 Å². The molecule has 0 radical (unpaired) electrons. The molecule has 1 aliphatic rings. The number of carbonyl (C=O) groups excluding carboxylic acids is 2. The van der Waals surface area contributed by atoms with Crippen molar-refractivity contribution in [2.45, 2.75) is 12.5 Å². The molecule has 1 aromatic heterocycles. The summed E-state index contributed by atoms with van der Waals surface area (Å²) in [6, 6.07) is 9.78. The predicted octanol–water partition coefficient (Wildman–Crippen LogP) is 2.78. The van der Waals surface area contributed by atoms with E-state index in [1.165, 1.54) is 6.26 Å². The minimum Gasteiger partial charge on any atom is -0.492 e. The standard InChI is InChI=1S/C16H15ClN2O4/c1-16(13-6-3-8-23-13)14(20)19(15(21)18-16)7-9-22-12-5-2-4-11(17)10-12/h2-6,8,10H,7,9H2,1H3,(H,18,21)/t16-/m1/s1. The molecule has 120 valence electrons. The van der Waals surface area contributed by atoms with Crippen LogP contribution in [0.3, 0.4) is 0 Å². The largest absolute Gasteiger partial charge is 0.492 e. The van der Waals surface area contributed by atoms with E-state index < -0.39 is 11.6 Å². The van der Waals surface area contributed by atoms with Crippen LogP contribution in [0.15, 0.2) is 47.1 Å². The quantitative estimate of drug-likeness (QED) is 0.853. The SMILES string of the molecule is C[C@]1(c2ccco2)NC(=O)N(CCOc2cccc(Cl)c2)C1=O. The maximum atomic E-state index is 12.5. The van der Waals surface area contributed by atoms with Crippen molar-refractivity contribution < 1.29 is 18.7 Å². The maximum Gasteiger partial charge on any atom is 0.325 e. The minimum atomic E-state index is -1.18. The molecule has 0 unspecified atom stereocenters. The number of nitrogens with zero attached hydrogens (tertiary/aromatic N) is 1.